The largest absolute Gasteiger partial charge is 0.496 e. The van der Waals surface area contributed by atoms with Crippen LogP contribution in [0.2, 0.25) is 0 Å². The number of hydrogen-bond donors (Lipinski definition) is 1. The monoisotopic (exact) mass is 306 g/mol. The molecule has 22 heavy (non-hydrogen) atoms. The van der Waals surface area contributed by atoms with Gasteiger partial charge in [0.1, 0.15) is 5.75 Å². The Labute approximate surface area is 132 Å². The van der Waals surface area contributed by atoms with Crippen LogP contribution in [-0.4, -0.2) is 43.2 Å². The number of carbonyl (C=O) groups is 1. The normalized spacial score (nSPS) is 22.7. The highest BCUT2D eigenvalue weighted by Gasteiger charge is 2.36. The van der Waals surface area contributed by atoms with E-state index in [-0.39, 0.29) is 11.9 Å². The Kier molecular flexibility index (Phi) is 5.80. The van der Waals surface area contributed by atoms with Crippen LogP contribution < -0.4 is 10.5 Å². The van der Waals surface area contributed by atoms with E-state index in [0.717, 1.165) is 30.8 Å². The number of primary amides is 1. The average Bonchev–Trinajstić information content (AvgIpc) is 2.48. The van der Waals surface area contributed by atoms with Crippen LogP contribution >= 0.6 is 0 Å². The van der Waals surface area contributed by atoms with Gasteiger partial charge in [0, 0.05) is 24.7 Å². The van der Waals surface area contributed by atoms with E-state index in [9.17, 15) is 4.79 Å². The second-order valence-electron chi connectivity index (χ2n) is 6.17. The van der Waals surface area contributed by atoms with Crippen LogP contribution in [0.4, 0.5) is 0 Å². The highest BCUT2D eigenvalue weighted by atomic mass is 16.5. The van der Waals surface area contributed by atoms with E-state index in [1.54, 1.807) is 7.11 Å². The highest BCUT2D eigenvalue weighted by Crippen LogP contribution is 2.26. The molecule has 122 valence electrons. The predicted molar refractivity (Wildman–Crippen MR) is 85.6 cm³/mol. The van der Waals surface area contributed by atoms with Crippen LogP contribution in [0, 0.1) is 5.92 Å². The third-order valence-electron chi connectivity index (χ3n) is 4.05. The lowest BCUT2D eigenvalue weighted by molar-refractivity contribution is -0.143. The number of hydrogen-bond acceptors (Lipinski definition) is 4. The first-order valence-corrected chi connectivity index (χ1v) is 7.79. The Morgan fingerprint density at radius 2 is 2.18 bits per heavy atom. The van der Waals surface area contributed by atoms with Gasteiger partial charge in [-0.1, -0.05) is 32.0 Å². The van der Waals surface area contributed by atoms with Crippen LogP contribution in [0.3, 0.4) is 0 Å². The van der Waals surface area contributed by atoms with Crippen molar-refractivity contribution >= 4 is 5.91 Å². The minimum atomic E-state index is -0.536. The lowest BCUT2D eigenvalue weighted by atomic mass is 9.95. The summed E-state index contributed by atoms with van der Waals surface area (Å²) in [6, 6.07) is 7.98. The number of rotatable bonds is 6. The molecular formula is C17H26N2O3. The number of carbonyl (C=O) groups excluding carboxylic acids is 1. The molecule has 2 atom stereocenters. The minimum absolute atomic E-state index is 0.0103. The second kappa shape index (κ2) is 7.61. The number of nitrogens with two attached hydrogens (primary N) is 1. The molecule has 0 radical (unpaired) electrons. The molecule has 5 heteroatoms. The van der Waals surface area contributed by atoms with Gasteiger partial charge in [-0.2, -0.15) is 0 Å². The van der Waals surface area contributed by atoms with E-state index in [1.165, 1.54) is 0 Å². The zero-order chi connectivity index (χ0) is 16.1. The van der Waals surface area contributed by atoms with E-state index in [2.05, 4.69) is 24.8 Å². The smallest absolute Gasteiger partial charge is 0.248 e. The maximum Gasteiger partial charge on any atom is 0.248 e. The van der Waals surface area contributed by atoms with Gasteiger partial charge in [0.15, 0.2) is 6.10 Å². The summed E-state index contributed by atoms with van der Waals surface area (Å²) in [6.45, 7) is 6.34. The fourth-order valence-electron chi connectivity index (χ4n) is 3.04. The molecule has 1 aliphatic heterocycles. The highest BCUT2D eigenvalue weighted by molar-refractivity contribution is 5.79. The van der Waals surface area contributed by atoms with Crippen molar-refractivity contribution in [2.75, 3.05) is 20.3 Å². The van der Waals surface area contributed by atoms with Crippen molar-refractivity contribution in [3.05, 3.63) is 29.8 Å². The summed E-state index contributed by atoms with van der Waals surface area (Å²) in [5.41, 5.74) is 6.64. The van der Waals surface area contributed by atoms with Gasteiger partial charge in [-0.3, -0.25) is 9.69 Å². The first-order valence-electron chi connectivity index (χ1n) is 7.79. The van der Waals surface area contributed by atoms with Gasteiger partial charge in [0.2, 0.25) is 5.91 Å². The van der Waals surface area contributed by atoms with Crippen LogP contribution in [0.15, 0.2) is 24.3 Å². The van der Waals surface area contributed by atoms with Crippen molar-refractivity contribution in [1.29, 1.82) is 0 Å². The molecule has 5 nitrogen and oxygen atoms in total. The molecule has 0 bridgehead atoms. The fraction of sp³-hybridized carbons (Fsp3) is 0.588. The Hall–Kier alpha value is -1.59. The summed E-state index contributed by atoms with van der Waals surface area (Å²) in [4.78, 5) is 14.0. The van der Waals surface area contributed by atoms with E-state index in [1.807, 2.05) is 18.2 Å². The van der Waals surface area contributed by atoms with Crippen LogP contribution in [0.5, 0.6) is 5.75 Å². The first-order chi connectivity index (χ1) is 10.5. The van der Waals surface area contributed by atoms with Crippen LogP contribution in [0.1, 0.15) is 25.8 Å². The van der Waals surface area contributed by atoms with Crippen LogP contribution in [-0.2, 0) is 16.1 Å². The van der Waals surface area contributed by atoms with Crippen molar-refractivity contribution in [2.24, 2.45) is 11.7 Å². The third kappa shape index (κ3) is 3.99. The summed E-state index contributed by atoms with van der Waals surface area (Å²) in [6.07, 6.45) is 0.341. The molecule has 0 aromatic heterocycles. The summed E-state index contributed by atoms with van der Waals surface area (Å²) >= 11 is 0. The van der Waals surface area contributed by atoms with Crippen molar-refractivity contribution < 1.29 is 14.3 Å². The van der Waals surface area contributed by atoms with Crippen molar-refractivity contribution in [3.63, 3.8) is 0 Å². The molecule has 1 aromatic carbocycles. The number of benzene rings is 1. The third-order valence-corrected chi connectivity index (χ3v) is 4.05. The lowest BCUT2D eigenvalue weighted by Gasteiger charge is -2.41. The topological polar surface area (TPSA) is 64.8 Å². The molecule has 1 heterocycles. The zero-order valence-electron chi connectivity index (χ0n) is 13.6. The molecule has 1 aliphatic rings. The summed E-state index contributed by atoms with van der Waals surface area (Å²) in [5.74, 6) is 0.956. The standard InChI is InChI=1S/C17H26N2O3/c1-12(2)10-14-16(17(18)20)22-9-8-19(14)11-13-6-4-5-7-15(13)21-3/h4-7,12,14,16H,8-11H2,1-3H3,(H2,18,20). The number of methoxy groups -OCH3 is 1. The minimum Gasteiger partial charge on any atom is -0.496 e. The lowest BCUT2D eigenvalue weighted by Crippen LogP contribution is -2.56. The van der Waals surface area contributed by atoms with E-state index in [0.29, 0.717) is 12.5 Å². The maximum absolute atomic E-state index is 11.7. The number of morpholine rings is 1. The average molecular weight is 306 g/mol. The molecule has 1 fully saturated rings. The van der Waals surface area contributed by atoms with E-state index in [4.69, 9.17) is 15.2 Å². The number of nitrogens with zero attached hydrogens (tertiary/aromatic N) is 1. The fourth-order valence-corrected chi connectivity index (χ4v) is 3.04. The van der Waals surface area contributed by atoms with Crippen LogP contribution in [0.25, 0.3) is 0 Å². The number of para-hydroxylation sites is 1. The molecule has 2 N–H and O–H groups in total. The molecule has 1 aromatic rings. The van der Waals surface area contributed by atoms with E-state index >= 15 is 0 Å². The Morgan fingerprint density at radius 1 is 1.45 bits per heavy atom. The van der Waals surface area contributed by atoms with Crippen molar-refractivity contribution in [2.45, 2.75) is 39.0 Å². The Morgan fingerprint density at radius 3 is 2.82 bits per heavy atom. The molecule has 0 aliphatic carbocycles. The van der Waals surface area contributed by atoms with Crippen molar-refractivity contribution in [3.8, 4) is 5.75 Å². The zero-order valence-corrected chi connectivity index (χ0v) is 13.6. The molecule has 0 spiro atoms. The molecule has 2 rings (SSSR count). The van der Waals surface area contributed by atoms with Gasteiger partial charge in [0.25, 0.3) is 0 Å². The maximum atomic E-state index is 11.7. The molecule has 0 saturated carbocycles. The molecule has 1 amide bonds. The molecule has 2 unspecified atom stereocenters. The molecule has 1 saturated heterocycles. The Balaban J connectivity index is 2.20. The van der Waals surface area contributed by atoms with Gasteiger partial charge in [-0.05, 0) is 18.4 Å². The first kappa shape index (κ1) is 16.8. The van der Waals surface area contributed by atoms with Gasteiger partial charge in [0.05, 0.1) is 13.7 Å². The number of amides is 1. The molecular weight excluding hydrogens is 280 g/mol. The predicted octanol–water partition coefficient (Wildman–Crippen LogP) is 1.80. The van der Waals surface area contributed by atoms with Crippen molar-refractivity contribution in [1.82, 2.24) is 4.90 Å². The summed E-state index contributed by atoms with van der Waals surface area (Å²) < 4.78 is 11.1. The van der Waals surface area contributed by atoms with Gasteiger partial charge >= 0.3 is 0 Å². The second-order valence-corrected chi connectivity index (χ2v) is 6.17. The summed E-state index contributed by atoms with van der Waals surface area (Å²) in [7, 11) is 1.68. The SMILES string of the molecule is COc1ccccc1CN1CCOC(C(N)=O)C1CC(C)C. The quantitative estimate of drug-likeness (QED) is 0.870. The van der Waals surface area contributed by atoms with Gasteiger partial charge < -0.3 is 15.2 Å². The summed E-state index contributed by atoms with van der Waals surface area (Å²) in [5, 5.41) is 0. The van der Waals surface area contributed by atoms with E-state index < -0.39 is 6.10 Å². The Bertz CT molecular complexity index is 504. The number of ether oxygens (including phenoxy) is 2. The van der Waals surface area contributed by atoms with Gasteiger partial charge in [-0.15, -0.1) is 0 Å². The van der Waals surface area contributed by atoms with Gasteiger partial charge in [-0.25, -0.2) is 0 Å².